The van der Waals surface area contributed by atoms with Crippen LogP contribution in [0.1, 0.15) is 28.6 Å². The van der Waals surface area contributed by atoms with Crippen molar-refractivity contribution in [2.24, 2.45) is 0 Å². The first-order valence-electron chi connectivity index (χ1n) is 7.42. The first kappa shape index (κ1) is 15.6. The summed E-state index contributed by atoms with van der Waals surface area (Å²) in [5.74, 6) is 1.62. The van der Waals surface area contributed by atoms with Gasteiger partial charge in [-0.1, -0.05) is 12.1 Å². The van der Waals surface area contributed by atoms with Gasteiger partial charge in [-0.25, -0.2) is 4.98 Å². The molecule has 5 nitrogen and oxygen atoms in total. The molecule has 6 heteroatoms. The second-order valence-electron chi connectivity index (χ2n) is 5.18. The van der Waals surface area contributed by atoms with Gasteiger partial charge < -0.3 is 10.3 Å². The molecule has 3 rings (SSSR count). The molecule has 0 saturated heterocycles. The molecule has 0 spiro atoms. The minimum atomic E-state index is -0.143. The second kappa shape index (κ2) is 7.28. The number of carbonyl (C=O) groups excluding carboxylic acids is 1. The fourth-order valence-electron chi connectivity index (χ4n) is 2.40. The molecule has 0 aliphatic rings. The molecule has 2 aromatic heterocycles. The molecule has 0 fully saturated rings. The molecule has 23 heavy (non-hydrogen) atoms. The van der Waals surface area contributed by atoms with Crippen LogP contribution in [-0.4, -0.2) is 32.9 Å². The van der Waals surface area contributed by atoms with Crippen LogP contribution >= 0.6 is 11.8 Å². The molecule has 3 aromatic rings. The molecular formula is C17H18N4OS. The number of hydrogen-bond donors (Lipinski definition) is 2. The number of benzene rings is 1. The summed E-state index contributed by atoms with van der Waals surface area (Å²) in [4.78, 5) is 24.3. The van der Waals surface area contributed by atoms with Crippen LogP contribution in [0.15, 0.2) is 48.8 Å². The Kier molecular flexibility index (Phi) is 4.92. The van der Waals surface area contributed by atoms with E-state index in [-0.39, 0.29) is 11.9 Å². The number of thioether (sulfide) groups is 1. The number of aromatic amines is 1. The van der Waals surface area contributed by atoms with Gasteiger partial charge in [0, 0.05) is 18.0 Å². The molecule has 0 aliphatic carbocycles. The van der Waals surface area contributed by atoms with Gasteiger partial charge in [0.05, 0.1) is 17.1 Å². The molecule has 0 aliphatic heterocycles. The Labute approximate surface area is 138 Å². The van der Waals surface area contributed by atoms with Crippen LogP contribution in [0.5, 0.6) is 0 Å². The first-order valence-corrected chi connectivity index (χ1v) is 8.82. The van der Waals surface area contributed by atoms with Gasteiger partial charge in [-0.2, -0.15) is 11.8 Å². The Hall–Kier alpha value is -2.34. The number of carbonyl (C=O) groups is 1. The fourth-order valence-corrected chi connectivity index (χ4v) is 2.87. The quantitative estimate of drug-likeness (QED) is 0.730. The maximum Gasteiger partial charge on any atom is 0.251 e. The number of nitrogens with zero attached hydrogens (tertiary/aromatic N) is 2. The van der Waals surface area contributed by atoms with Gasteiger partial charge in [-0.15, -0.1) is 0 Å². The minimum absolute atomic E-state index is 0.112. The highest BCUT2D eigenvalue weighted by Crippen LogP contribution is 2.20. The molecule has 0 radical (unpaired) electrons. The van der Waals surface area contributed by atoms with Crippen molar-refractivity contribution in [3.05, 3.63) is 60.2 Å². The summed E-state index contributed by atoms with van der Waals surface area (Å²) >= 11 is 1.75. The van der Waals surface area contributed by atoms with Crippen molar-refractivity contribution in [3.63, 3.8) is 0 Å². The number of aromatic nitrogens is 3. The molecule has 1 amide bonds. The van der Waals surface area contributed by atoms with E-state index in [4.69, 9.17) is 0 Å². The molecule has 2 N–H and O–H groups in total. The van der Waals surface area contributed by atoms with Crippen LogP contribution in [0.3, 0.4) is 0 Å². The number of para-hydroxylation sites is 2. The molecule has 1 aromatic carbocycles. The first-order chi connectivity index (χ1) is 11.3. The number of nitrogens with one attached hydrogen (secondary N) is 2. The Morgan fingerprint density at radius 1 is 1.26 bits per heavy atom. The molecule has 118 valence electrons. The maximum atomic E-state index is 12.4. The summed E-state index contributed by atoms with van der Waals surface area (Å²) < 4.78 is 0. The minimum Gasteiger partial charge on any atom is -0.342 e. The number of hydrogen-bond acceptors (Lipinski definition) is 4. The highest BCUT2D eigenvalue weighted by molar-refractivity contribution is 7.98. The number of fused-ring (bicyclic) bond motifs is 1. The summed E-state index contributed by atoms with van der Waals surface area (Å²) in [5, 5.41) is 3.07. The third kappa shape index (κ3) is 3.71. The Balaban J connectivity index is 1.83. The normalized spacial score (nSPS) is 12.2. The maximum absolute atomic E-state index is 12.4. The predicted octanol–water partition coefficient (Wildman–Crippen LogP) is 3.18. The van der Waals surface area contributed by atoms with E-state index >= 15 is 0 Å². The summed E-state index contributed by atoms with van der Waals surface area (Å²) in [7, 11) is 0. The van der Waals surface area contributed by atoms with Gasteiger partial charge in [0.2, 0.25) is 0 Å². The molecule has 0 saturated carbocycles. The third-order valence-electron chi connectivity index (χ3n) is 3.60. The van der Waals surface area contributed by atoms with Crippen LogP contribution < -0.4 is 5.32 Å². The van der Waals surface area contributed by atoms with Crippen molar-refractivity contribution >= 4 is 28.7 Å². The molecule has 0 bridgehead atoms. The van der Waals surface area contributed by atoms with Gasteiger partial charge in [-0.3, -0.25) is 9.78 Å². The van der Waals surface area contributed by atoms with E-state index in [1.165, 1.54) is 0 Å². The number of rotatable bonds is 6. The Morgan fingerprint density at radius 3 is 2.78 bits per heavy atom. The van der Waals surface area contributed by atoms with Gasteiger partial charge in [0.15, 0.2) is 0 Å². The van der Waals surface area contributed by atoms with E-state index in [9.17, 15) is 4.79 Å². The van der Waals surface area contributed by atoms with Crippen LogP contribution in [0.2, 0.25) is 0 Å². The highest BCUT2D eigenvalue weighted by Gasteiger charge is 2.18. The summed E-state index contributed by atoms with van der Waals surface area (Å²) in [6.07, 6.45) is 6.11. The van der Waals surface area contributed by atoms with Crippen molar-refractivity contribution < 1.29 is 4.79 Å². The van der Waals surface area contributed by atoms with E-state index in [0.717, 1.165) is 29.0 Å². The fraction of sp³-hybridized carbons (Fsp3) is 0.235. The Bertz CT molecular complexity index is 754. The van der Waals surface area contributed by atoms with Gasteiger partial charge in [0.1, 0.15) is 5.82 Å². The smallest absolute Gasteiger partial charge is 0.251 e. The lowest BCUT2D eigenvalue weighted by atomic mass is 10.2. The van der Waals surface area contributed by atoms with Gasteiger partial charge in [0.25, 0.3) is 5.91 Å². The van der Waals surface area contributed by atoms with Crippen molar-refractivity contribution in [1.82, 2.24) is 20.3 Å². The average Bonchev–Trinajstić information content (AvgIpc) is 3.03. The second-order valence-corrected chi connectivity index (χ2v) is 6.17. The van der Waals surface area contributed by atoms with Crippen LogP contribution in [0.25, 0.3) is 11.0 Å². The van der Waals surface area contributed by atoms with Crippen LogP contribution in [0.4, 0.5) is 0 Å². The van der Waals surface area contributed by atoms with E-state index in [0.29, 0.717) is 5.56 Å². The molecule has 2 heterocycles. The third-order valence-corrected chi connectivity index (χ3v) is 4.24. The zero-order valence-electron chi connectivity index (χ0n) is 12.8. The number of H-pyrrole nitrogens is 1. The van der Waals surface area contributed by atoms with Crippen molar-refractivity contribution in [2.75, 3.05) is 12.0 Å². The lowest BCUT2D eigenvalue weighted by Crippen LogP contribution is -2.29. The van der Waals surface area contributed by atoms with Crippen LogP contribution in [-0.2, 0) is 0 Å². The standard InChI is InChI=1S/C17H18N4OS/c1-23-11-8-15(21-17(22)12-6-9-18-10-7-12)16-19-13-4-2-3-5-14(13)20-16/h2-7,9-10,15H,8,11H2,1H3,(H,19,20)(H,21,22)/t15-/m0/s1. The van der Waals surface area contributed by atoms with Crippen molar-refractivity contribution in [1.29, 1.82) is 0 Å². The summed E-state index contributed by atoms with van der Waals surface area (Å²) in [5.41, 5.74) is 2.50. The lowest BCUT2D eigenvalue weighted by molar-refractivity contribution is 0.0934. The Morgan fingerprint density at radius 2 is 2.04 bits per heavy atom. The van der Waals surface area contributed by atoms with Crippen molar-refractivity contribution in [3.8, 4) is 0 Å². The number of imidazole rings is 1. The van der Waals surface area contributed by atoms with E-state index < -0.39 is 0 Å². The summed E-state index contributed by atoms with van der Waals surface area (Å²) in [6, 6.07) is 11.2. The van der Waals surface area contributed by atoms with Gasteiger partial charge >= 0.3 is 0 Å². The van der Waals surface area contributed by atoms with Gasteiger partial charge in [-0.05, 0) is 42.7 Å². The SMILES string of the molecule is CSCC[C@H](NC(=O)c1ccncc1)c1nc2ccccc2[nH]1. The topological polar surface area (TPSA) is 70.7 Å². The number of amides is 1. The zero-order chi connectivity index (χ0) is 16.1. The average molecular weight is 326 g/mol. The summed E-state index contributed by atoms with van der Waals surface area (Å²) in [6.45, 7) is 0. The largest absolute Gasteiger partial charge is 0.342 e. The molecule has 1 atom stereocenters. The van der Waals surface area contributed by atoms with E-state index in [1.807, 2.05) is 24.3 Å². The monoisotopic (exact) mass is 326 g/mol. The predicted molar refractivity (Wildman–Crippen MR) is 93.5 cm³/mol. The molecular weight excluding hydrogens is 308 g/mol. The van der Waals surface area contributed by atoms with Crippen LogP contribution in [0, 0.1) is 0 Å². The van der Waals surface area contributed by atoms with Crippen molar-refractivity contribution in [2.45, 2.75) is 12.5 Å². The highest BCUT2D eigenvalue weighted by atomic mass is 32.2. The number of pyridine rings is 1. The lowest BCUT2D eigenvalue weighted by Gasteiger charge is -2.16. The molecule has 0 unspecified atom stereocenters. The van der Waals surface area contributed by atoms with E-state index in [2.05, 4.69) is 26.5 Å². The zero-order valence-corrected chi connectivity index (χ0v) is 13.6. The van der Waals surface area contributed by atoms with E-state index in [1.54, 1.807) is 36.3 Å².